The van der Waals surface area contributed by atoms with Crippen LogP contribution >= 0.6 is 15.9 Å². The molecule has 0 radical (unpaired) electrons. The first-order chi connectivity index (χ1) is 6.24. The van der Waals surface area contributed by atoms with Crippen LogP contribution in [0, 0.1) is 0 Å². The average Bonchev–Trinajstić information content (AvgIpc) is 2.14. The van der Waals surface area contributed by atoms with Gasteiger partial charge in [-0.2, -0.15) is 0 Å². The lowest BCUT2D eigenvalue weighted by atomic mass is 10.1. The average molecular weight is 238 g/mol. The van der Waals surface area contributed by atoms with Gasteiger partial charge in [0.05, 0.1) is 5.71 Å². The van der Waals surface area contributed by atoms with E-state index in [1.807, 2.05) is 31.2 Å². The van der Waals surface area contributed by atoms with Gasteiger partial charge >= 0.3 is 0 Å². The Hall–Kier alpha value is -0.890. The number of halogens is 1. The second kappa shape index (κ2) is 4.97. The molecule has 1 heterocycles. The quantitative estimate of drug-likeness (QED) is 0.649. The molecule has 1 nitrogen and oxygen atoms in total. The fraction of sp³-hybridized carbons (Fsp3) is 0.182. The van der Waals surface area contributed by atoms with Crippen LogP contribution in [0.3, 0.4) is 0 Å². The van der Waals surface area contributed by atoms with Crippen LogP contribution in [0.1, 0.15) is 13.3 Å². The van der Waals surface area contributed by atoms with Crippen molar-refractivity contribution in [2.45, 2.75) is 13.3 Å². The van der Waals surface area contributed by atoms with Crippen molar-refractivity contribution < 1.29 is 0 Å². The Labute approximate surface area is 87.4 Å². The van der Waals surface area contributed by atoms with Crippen LogP contribution in [-0.2, 0) is 0 Å². The van der Waals surface area contributed by atoms with Gasteiger partial charge in [0.2, 0.25) is 0 Å². The maximum absolute atomic E-state index is 4.26. The van der Waals surface area contributed by atoms with Gasteiger partial charge in [-0.3, -0.25) is 4.99 Å². The number of allylic oxidation sites excluding steroid dienone is 6. The summed E-state index contributed by atoms with van der Waals surface area (Å²) in [6.07, 6.45) is 10.5. The molecule has 0 saturated carbocycles. The highest BCUT2D eigenvalue weighted by molar-refractivity contribution is 9.12. The maximum Gasteiger partial charge on any atom is 0.0588 e. The normalized spacial score (nSPS) is 18.2. The van der Waals surface area contributed by atoms with Crippen LogP contribution in [0.5, 0.6) is 0 Å². The van der Waals surface area contributed by atoms with Crippen molar-refractivity contribution in [3.05, 3.63) is 47.1 Å². The number of nitrogens with zero attached hydrogens (tertiary/aromatic N) is 1. The van der Waals surface area contributed by atoms with E-state index in [1.54, 1.807) is 6.20 Å². The van der Waals surface area contributed by atoms with E-state index in [0.29, 0.717) is 0 Å². The number of rotatable bonds is 2. The molecular formula is C11H12BrN. The lowest BCUT2D eigenvalue weighted by molar-refractivity contribution is 1.29. The van der Waals surface area contributed by atoms with Gasteiger partial charge < -0.3 is 0 Å². The van der Waals surface area contributed by atoms with E-state index < -0.39 is 0 Å². The zero-order valence-electron chi connectivity index (χ0n) is 7.63. The van der Waals surface area contributed by atoms with Crippen LogP contribution in [-0.4, -0.2) is 5.71 Å². The molecule has 0 N–H and O–H groups in total. The molecule has 0 aromatic rings. The van der Waals surface area contributed by atoms with E-state index in [4.69, 9.17) is 0 Å². The summed E-state index contributed by atoms with van der Waals surface area (Å²) in [6, 6.07) is 0. The minimum absolute atomic E-state index is 0.825. The number of hydrogen-bond acceptors (Lipinski definition) is 1. The Morgan fingerprint density at radius 3 is 3.08 bits per heavy atom. The molecule has 0 saturated heterocycles. The third kappa shape index (κ3) is 3.15. The molecule has 68 valence electrons. The van der Waals surface area contributed by atoms with E-state index in [2.05, 4.69) is 27.5 Å². The minimum Gasteiger partial charge on any atom is -0.260 e. The largest absolute Gasteiger partial charge is 0.260 e. The fourth-order valence-electron chi connectivity index (χ4n) is 0.975. The maximum atomic E-state index is 4.26. The molecule has 13 heavy (non-hydrogen) atoms. The van der Waals surface area contributed by atoms with Gasteiger partial charge in [0.15, 0.2) is 0 Å². The summed E-state index contributed by atoms with van der Waals surface area (Å²) in [5.74, 6) is 0. The molecule has 0 unspecified atom stereocenters. The molecule has 0 bridgehead atoms. The summed E-state index contributed by atoms with van der Waals surface area (Å²) in [7, 11) is 0. The van der Waals surface area contributed by atoms with Gasteiger partial charge in [-0.25, -0.2) is 0 Å². The summed E-state index contributed by atoms with van der Waals surface area (Å²) >= 11 is 3.47. The molecule has 0 aliphatic carbocycles. The van der Waals surface area contributed by atoms with E-state index >= 15 is 0 Å². The number of aliphatic imine (C=N–C) groups is 1. The van der Waals surface area contributed by atoms with Crippen molar-refractivity contribution in [2.24, 2.45) is 4.99 Å². The van der Waals surface area contributed by atoms with Crippen LogP contribution in [0.15, 0.2) is 52.1 Å². The number of hydrogen-bond donors (Lipinski definition) is 0. The Kier molecular flexibility index (Phi) is 3.90. The van der Waals surface area contributed by atoms with Gasteiger partial charge in [0.1, 0.15) is 0 Å². The molecule has 2 heteroatoms. The Morgan fingerprint density at radius 2 is 2.46 bits per heavy atom. The van der Waals surface area contributed by atoms with Gasteiger partial charge in [-0.05, 0) is 40.6 Å². The predicted molar refractivity (Wildman–Crippen MR) is 62.2 cm³/mol. The first kappa shape index (κ1) is 10.2. The van der Waals surface area contributed by atoms with E-state index in [-0.39, 0.29) is 0 Å². The van der Waals surface area contributed by atoms with Crippen LogP contribution in [0.4, 0.5) is 0 Å². The summed E-state index contributed by atoms with van der Waals surface area (Å²) < 4.78 is 1.02. The molecular weight excluding hydrogens is 226 g/mol. The lowest BCUT2D eigenvalue weighted by Crippen LogP contribution is -2.01. The van der Waals surface area contributed by atoms with E-state index in [1.165, 1.54) is 0 Å². The topological polar surface area (TPSA) is 12.4 Å². The van der Waals surface area contributed by atoms with Crippen molar-refractivity contribution >= 4 is 21.6 Å². The van der Waals surface area contributed by atoms with Crippen molar-refractivity contribution in [3.63, 3.8) is 0 Å². The standard InChI is InChI=1S/C11H12BrN/c1-3-4-5-10(12)11-8-9(2)6-7-13-11/h3-7H,2,8H2,1H3/b4-3-,10-5+. The van der Waals surface area contributed by atoms with Gasteiger partial charge in [-0.1, -0.05) is 18.7 Å². The first-order valence-corrected chi connectivity index (χ1v) is 4.93. The Balaban J connectivity index is 2.78. The third-order valence-corrected chi connectivity index (χ3v) is 2.37. The summed E-state index contributed by atoms with van der Waals surface area (Å²) in [5.41, 5.74) is 2.13. The van der Waals surface area contributed by atoms with Gasteiger partial charge in [-0.15, -0.1) is 0 Å². The first-order valence-electron chi connectivity index (χ1n) is 4.14. The Morgan fingerprint density at radius 1 is 1.69 bits per heavy atom. The molecule has 0 spiro atoms. The lowest BCUT2D eigenvalue weighted by Gasteiger charge is -2.07. The molecule has 0 fully saturated rings. The molecule has 0 atom stereocenters. The van der Waals surface area contributed by atoms with Crippen LogP contribution in [0.25, 0.3) is 0 Å². The Bertz CT molecular complexity index is 319. The van der Waals surface area contributed by atoms with E-state index in [9.17, 15) is 0 Å². The smallest absolute Gasteiger partial charge is 0.0588 e. The molecule has 0 aromatic carbocycles. The van der Waals surface area contributed by atoms with Crippen molar-refractivity contribution in [1.82, 2.24) is 0 Å². The monoisotopic (exact) mass is 237 g/mol. The fourth-order valence-corrected chi connectivity index (χ4v) is 1.37. The second-order valence-corrected chi connectivity index (χ2v) is 3.62. The summed E-state index contributed by atoms with van der Waals surface area (Å²) in [4.78, 5) is 4.26. The minimum atomic E-state index is 0.825. The van der Waals surface area contributed by atoms with Gasteiger partial charge in [0, 0.05) is 17.1 Å². The molecule has 1 rings (SSSR count). The second-order valence-electron chi connectivity index (χ2n) is 2.77. The third-order valence-electron chi connectivity index (χ3n) is 1.65. The van der Waals surface area contributed by atoms with E-state index in [0.717, 1.165) is 22.2 Å². The van der Waals surface area contributed by atoms with Crippen molar-refractivity contribution in [3.8, 4) is 0 Å². The zero-order chi connectivity index (χ0) is 9.68. The molecule has 0 aromatic heterocycles. The molecule has 1 aliphatic rings. The van der Waals surface area contributed by atoms with Crippen molar-refractivity contribution in [1.29, 1.82) is 0 Å². The molecule has 0 amide bonds. The molecule has 1 aliphatic heterocycles. The van der Waals surface area contributed by atoms with Gasteiger partial charge in [0.25, 0.3) is 0 Å². The summed E-state index contributed by atoms with van der Waals surface area (Å²) in [5, 5.41) is 0. The van der Waals surface area contributed by atoms with Crippen molar-refractivity contribution in [2.75, 3.05) is 0 Å². The highest BCUT2D eigenvalue weighted by Gasteiger charge is 2.06. The zero-order valence-corrected chi connectivity index (χ0v) is 9.21. The highest BCUT2D eigenvalue weighted by atomic mass is 79.9. The predicted octanol–water partition coefficient (Wildman–Crippen LogP) is 3.76. The van der Waals surface area contributed by atoms with Crippen LogP contribution in [0.2, 0.25) is 0 Å². The van der Waals surface area contributed by atoms with Crippen LogP contribution < -0.4 is 0 Å². The highest BCUT2D eigenvalue weighted by Crippen LogP contribution is 2.18. The SMILES string of the molecule is C=C1C=CN=C(/C(Br)=C\C=C/C)C1. The summed E-state index contributed by atoms with van der Waals surface area (Å²) in [6.45, 7) is 5.88.